The van der Waals surface area contributed by atoms with Crippen LogP contribution in [0.2, 0.25) is 0 Å². The molecule has 1 fully saturated rings. The Morgan fingerprint density at radius 3 is 3.16 bits per heavy atom. The Bertz CT molecular complexity index is 475. The maximum atomic E-state index is 11.2. The molecule has 0 bridgehead atoms. The van der Waals surface area contributed by atoms with Gasteiger partial charge in [0.1, 0.15) is 12.5 Å². The molecule has 2 unspecified atom stereocenters. The summed E-state index contributed by atoms with van der Waals surface area (Å²) in [7, 11) is 0. The minimum atomic E-state index is -0.412. The van der Waals surface area contributed by atoms with Gasteiger partial charge in [0.25, 0.3) is 0 Å². The van der Waals surface area contributed by atoms with Crippen LogP contribution < -0.4 is 5.32 Å². The summed E-state index contributed by atoms with van der Waals surface area (Å²) in [6.45, 7) is 3.06. The van der Waals surface area contributed by atoms with E-state index in [1.165, 1.54) is 0 Å². The summed E-state index contributed by atoms with van der Waals surface area (Å²) in [5.41, 5.74) is 1.11. The predicted molar refractivity (Wildman–Crippen MR) is 71.5 cm³/mol. The van der Waals surface area contributed by atoms with Gasteiger partial charge in [-0.05, 0) is 25.8 Å². The summed E-state index contributed by atoms with van der Waals surface area (Å²) in [6, 6.07) is 4.20. The Kier molecular flexibility index (Phi) is 4.45. The number of nitriles is 1. The van der Waals surface area contributed by atoms with Gasteiger partial charge in [-0.25, -0.2) is 0 Å². The quantitative estimate of drug-likeness (QED) is 0.826. The average molecular weight is 261 g/mol. The highest BCUT2D eigenvalue weighted by Gasteiger charge is 2.27. The molecule has 1 heterocycles. The normalized spacial score (nSPS) is 21.9. The van der Waals surface area contributed by atoms with Crippen LogP contribution in [0.3, 0.4) is 0 Å². The van der Waals surface area contributed by atoms with Gasteiger partial charge in [0.2, 0.25) is 0 Å². The van der Waals surface area contributed by atoms with Crippen molar-refractivity contribution < 1.29 is 9.53 Å². The maximum absolute atomic E-state index is 11.2. The summed E-state index contributed by atoms with van der Waals surface area (Å²) in [5, 5.41) is 11.9. The van der Waals surface area contributed by atoms with Crippen LogP contribution in [0.25, 0.3) is 0 Å². The van der Waals surface area contributed by atoms with Gasteiger partial charge >= 0.3 is 5.97 Å². The highest BCUT2D eigenvalue weighted by atomic mass is 16.5. The Balaban J connectivity index is 1.79. The van der Waals surface area contributed by atoms with Crippen molar-refractivity contribution in [2.75, 3.05) is 5.32 Å². The fourth-order valence-electron chi connectivity index (χ4n) is 2.43. The van der Waals surface area contributed by atoms with Crippen LogP contribution in [-0.2, 0) is 16.1 Å². The number of esters is 1. The van der Waals surface area contributed by atoms with Crippen LogP contribution in [0.5, 0.6) is 0 Å². The lowest BCUT2D eigenvalue weighted by atomic mass is 10.2. The Morgan fingerprint density at radius 1 is 1.63 bits per heavy atom. The zero-order chi connectivity index (χ0) is 13.7. The molecule has 1 N–H and O–H groups in total. The van der Waals surface area contributed by atoms with Crippen molar-refractivity contribution in [2.45, 2.75) is 51.3 Å². The summed E-state index contributed by atoms with van der Waals surface area (Å²) in [6.07, 6.45) is 6.58. The molecular weight excluding hydrogens is 242 g/mol. The van der Waals surface area contributed by atoms with Crippen LogP contribution in [0.1, 0.15) is 32.6 Å². The molecule has 0 aromatic carbocycles. The van der Waals surface area contributed by atoms with Crippen molar-refractivity contribution in [3.8, 4) is 6.07 Å². The zero-order valence-electron chi connectivity index (χ0n) is 11.1. The van der Waals surface area contributed by atoms with Crippen molar-refractivity contribution >= 4 is 11.7 Å². The largest absolute Gasteiger partial charge is 0.462 e. The molecule has 19 heavy (non-hydrogen) atoms. The summed E-state index contributed by atoms with van der Waals surface area (Å²) < 4.78 is 7.35. The Morgan fingerprint density at radius 2 is 2.47 bits per heavy atom. The lowest BCUT2D eigenvalue weighted by molar-refractivity contribution is -0.147. The molecule has 1 aromatic rings. The molecule has 0 amide bonds. The molecule has 5 nitrogen and oxygen atoms in total. The molecule has 1 aliphatic carbocycles. The van der Waals surface area contributed by atoms with E-state index in [2.05, 4.69) is 29.1 Å². The highest BCUT2D eigenvalue weighted by Crippen LogP contribution is 2.25. The summed E-state index contributed by atoms with van der Waals surface area (Å²) >= 11 is 0. The van der Waals surface area contributed by atoms with Crippen LogP contribution in [0.15, 0.2) is 18.5 Å². The van der Waals surface area contributed by atoms with Gasteiger partial charge in [-0.15, -0.1) is 0 Å². The van der Waals surface area contributed by atoms with Gasteiger partial charge < -0.3 is 14.6 Å². The van der Waals surface area contributed by atoms with Gasteiger partial charge in [-0.1, -0.05) is 0 Å². The van der Waals surface area contributed by atoms with Crippen molar-refractivity contribution in [3.63, 3.8) is 0 Å². The van der Waals surface area contributed by atoms with E-state index in [0.29, 0.717) is 6.04 Å². The molecule has 0 aliphatic heterocycles. The topological polar surface area (TPSA) is 67.1 Å². The van der Waals surface area contributed by atoms with Gasteiger partial charge in [0.15, 0.2) is 0 Å². The monoisotopic (exact) mass is 261 g/mol. The van der Waals surface area contributed by atoms with Crippen LogP contribution in [0.4, 0.5) is 5.69 Å². The minimum absolute atomic E-state index is 0.0494. The second-order valence-electron chi connectivity index (χ2n) is 4.83. The number of hydrogen-bond acceptors (Lipinski definition) is 4. The Hall–Kier alpha value is -1.96. The first kappa shape index (κ1) is 13.5. The number of nitrogens with one attached hydrogen (secondary N) is 1. The molecule has 1 saturated carbocycles. The molecule has 1 aliphatic rings. The maximum Gasteiger partial charge on any atom is 0.320 e. The fraction of sp³-hybridized carbons (Fsp3) is 0.571. The summed E-state index contributed by atoms with van der Waals surface area (Å²) in [5.74, 6) is -0.412. The molecule has 0 radical (unpaired) electrons. The zero-order valence-corrected chi connectivity index (χ0v) is 11.1. The number of hydrogen-bond donors (Lipinski definition) is 1. The summed E-state index contributed by atoms with van der Waals surface area (Å²) in [4.78, 5) is 11.2. The lowest BCUT2D eigenvalue weighted by Gasteiger charge is -2.13. The molecule has 2 rings (SSSR count). The molecule has 0 saturated heterocycles. The van der Waals surface area contributed by atoms with Gasteiger partial charge in [-0.2, -0.15) is 5.26 Å². The SMILES string of the molecule is CCn1ccc(NC2CCC(OC(=O)CC#N)C2)c1. The van der Waals surface area contributed by atoms with Crippen LogP contribution >= 0.6 is 0 Å². The number of rotatable bonds is 5. The number of anilines is 1. The molecular formula is C14H19N3O2. The van der Waals surface area contributed by atoms with E-state index in [1.807, 2.05) is 12.3 Å². The van der Waals surface area contributed by atoms with E-state index >= 15 is 0 Å². The van der Waals surface area contributed by atoms with Gasteiger partial charge in [-0.3, -0.25) is 4.79 Å². The number of aryl methyl sites for hydroxylation is 1. The minimum Gasteiger partial charge on any atom is -0.462 e. The number of ether oxygens (including phenoxy) is 1. The van der Waals surface area contributed by atoms with Gasteiger partial charge in [0.05, 0.1) is 11.8 Å². The number of carbonyl (C=O) groups is 1. The highest BCUT2D eigenvalue weighted by molar-refractivity contribution is 5.71. The first-order chi connectivity index (χ1) is 9.21. The molecule has 2 atom stereocenters. The van der Waals surface area contributed by atoms with E-state index in [1.54, 1.807) is 0 Å². The van der Waals surface area contributed by atoms with Crippen LogP contribution in [0, 0.1) is 11.3 Å². The molecule has 102 valence electrons. The van der Waals surface area contributed by atoms with E-state index in [-0.39, 0.29) is 12.5 Å². The number of aromatic nitrogens is 1. The van der Waals surface area contributed by atoms with E-state index in [4.69, 9.17) is 10.00 Å². The second-order valence-corrected chi connectivity index (χ2v) is 4.83. The standard InChI is InChI=1S/C14H19N3O2/c1-2-17-8-6-12(10-17)16-11-3-4-13(9-11)19-14(18)5-7-15/h6,8,10-11,13,16H,2-5,9H2,1H3. The first-order valence-electron chi connectivity index (χ1n) is 6.70. The third-order valence-electron chi connectivity index (χ3n) is 3.39. The Labute approximate surface area is 113 Å². The third-order valence-corrected chi connectivity index (χ3v) is 3.39. The van der Waals surface area contributed by atoms with Gasteiger partial charge in [0, 0.05) is 31.4 Å². The third kappa shape index (κ3) is 3.75. The van der Waals surface area contributed by atoms with Crippen molar-refractivity contribution in [2.24, 2.45) is 0 Å². The molecule has 0 spiro atoms. The fourth-order valence-corrected chi connectivity index (χ4v) is 2.43. The molecule has 1 aromatic heterocycles. The van der Waals surface area contributed by atoms with Crippen LogP contribution in [-0.4, -0.2) is 22.7 Å². The van der Waals surface area contributed by atoms with E-state index < -0.39 is 5.97 Å². The number of carbonyl (C=O) groups excluding carboxylic acids is 1. The second kappa shape index (κ2) is 6.28. The van der Waals surface area contributed by atoms with Crippen molar-refractivity contribution in [1.82, 2.24) is 4.57 Å². The molecule has 5 heteroatoms. The smallest absolute Gasteiger partial charge is 0.320 e. The predicted octanol–water partition coefficient (Wildman–Crippen LogP) is 2.30. The lowest BCUT2D eigenvalue weighted by Crippen LogP contribution is -2.19. The van der Waals surface area contributed by atoms with Crippen molar-refractivity contribution in [3.05, 3.63) is 18.5 Å². The average Bonchev–Trinajstić information content (AvgIpc) is 2.99. The first-order valence-corrected chi connectivity index (χ1v) is 6.70. The van der Waals surface area contributed by atoms with Crippen molar-refractivity contribution in [1.29, 1.82) is 5.26 Å². The van der Waals surface area contributed by atoms with E-state index in [9.17, 15) is 4.79 Å². The van der Waals surface area contributed by atoms with E-state index in [0.717, 1.165) is 31.5 Å². The number of nitrogens with zero attached hydrogens (tertiary/aromatic N) is 2.